The van der Waals surface area contributed by atoms with Crippen LogP contribution in [0.5, 0.6) is 11.5 Å². The van der Waals surface area contributed by atoms with Crippen LogP contribution in [0.1, 0.15) is 87.2 Å². The van der Waals surface area contributed by atoms with Crippen LogP contribution < -0.4 is 9.47 Å². The summed E-state index contributed by atoms with van der Waals surface area (Å²) < 4.78 is 34.4. The maximum absolute atomic E-state index is 12.9. The Morgan fingerprint density at radius 3 is 1.65 bits per heavy atom. The largest absolute Gasteiger partial charge is 0.623 e. The van der Waals surface area contributed by atoms with Crippen molar-refractivity contribution in [2.24, 2.45) is 5.92 Å². The number of fused-ring (bicyclic) bond motifs is 1. The van der Waals surface area contributed by atoms with Crippen molar-refractivity contribution >= 4 is 46.6 Å². The minimum Gasteiger partial charge on any atom is -0.623 e. The number of ether oxygens (including phenoxy) is 4. The molecular formula is C61H88N4O13Si2. The highest BCUT2D eigenvalue weighted by molar-refractivity contribution is 6.74. The van der Waals surface area contributed by atoms with Crippen molar-refractivity contribution in [1.82, 2.24) is 14.9 Å². The maximum Gasteiger partial charge on any atom is 0.396 e. The van der Waals surface area contributed by atoms with Crippen molar-refractivity contribution in [3.8, 4) is 33.8 Å². The molecule has 0 aromatic heterocycles. The number of nitrogens with zero attached hydrogens (tertiary/aromatic N) is 4. The molecule has 4 aromatic rings. The highest BCUT2D eigenvalue weighted by Gasteiger charge is 2.57. The van der Waals surface area contributed by atoms with Crippen molar-refractivity contribution in [3.63, 3.8) is 0 Å². The van der Waals surface area contributed by atoms with Crippen LogP contribution in [0.15, 0.2) is 97.1 Å². The van der Waals surface area contributed by atoms with Crippen LogP contribution in [0.3, 0.4) is 0 Å². The van der Waals surface area contributed by atoms with Gasteiger partial charge in [-0.2, -0.15) is 5.06 Å². The standard InChI is InChI=1S/C30H42N2O6Si.C20H22N2O5.C11H24O2Si/c1-19-25-24(18-36-39(8,9)30(2,3)4)38-32(26(25)29(34)37-19)17-22-11-10-12-23(27(22)35-7)20-13-15-21(16-14-20)28(33)31(5)6;1-21(2)20(24)15-10-8-14(9-11-15)17-7-5-6-16(19(17)27-4)12-22(25)13-18(23)26-3;1-10(12)8-7-9-13-14(5,6)11(2,3)4/h10-16,19,24-26H,17-18H2,1-9H3;5-11,13H,12H2,1-4H3;7-8,10,12H,9H2,1-6H3/b;22-13-;8-7-/t19-,24-,25+,26-;;10-/m0.0/s1. The van der Waals surface area contributed by atoms with Gasteiger partial charge in [0, 0.05) is 56.0 Å². The smallest absolute Gasteiger partial charge is 0.396 e. The van der Waals surface area contributed by atoms with E-state index >= 15 is 0 Å². The van der Waals surface area contributed by atoms with Gasteiger partial charge in [-0.15, -0.1) is 0 Å². The SMILES string of the molecule is COC(=O)/C=[N+](\[O-])Cc1cccc(-c2ccc(C(=O)N(C)C)cc2)c1OC.COc1c(CN2O[C@@H](CO[Si](C)(C)C(C)(C)C)[C@H]3[C@H](C)OC(=O)[C@H]32)cccc1-c1ccc(C(=O)N(C)C)cc1.C[C@H](O)/C=C\CO[Si](C)(C)C(C)(C)C. The van der Waals surface area contributed by atoms with E-state index in [0.717, 1.165) is 34.0 Å². The Bertz CT molecular complexity index is 2780. The molecule has 0 radical (unpaired) electrons. The molecule has 4 aromatic carbocycles. The fraction of sp³-hybridized carbons (Fsp3) is 0.492. The van der Waals surface area contributed by atoms with Crippen LogP contribution >= 0.6 is 0 Å². The summed E-state index contributed by atoms with van der Waals surface area (Å²) in [5, 5.41) is 23.0. The molecule has 0 bridgehead atoms. The summed E-state index contributed by atoms with van der Waals surface area (Å²) in [6.45, 7) is 27.2. The minimum absolute atomic E-state index is 0.0484. The quantitative estimate of drug-likeness (QED) is 0.0188. The molecule has 438 valence electrons. The number of aliphatic hydroxyl groups is 1. The first-order valence-electron chi connectivity index (χ1n) is 26.9. The molecular weight excluding hydrogens is 1050 g/mol. The molecule has 2 amide bonds. The average molecular weight is 1140 g/mol. The third-order valence-corrected chi connectivity index (χ3v) is 24.0. The van der Waals surface area contributed by atoms with Gasteiger partial charge in [-0.25, -0.2) is 9.53 Å². The molecule has 2 fully saturated rings. The second-order valence-corrected chi connectivity index (χ2v) is 33.1. The zero-order chi connectivity index (χ0) is 60.1. The normalized spacial score (nSPS) is 18.0. The number of esters is 2. The Kier molecular flexibility index (Phi) is 23.6. The third kappa shape index (κ3) is 17.4. The van der Waals surface area contributed by atoms with Gasteiger partial charge in [0.05, 0.1) is 58.7 Å². The van der Waals surface area contributed by atoms with Gasteiger partial charge in [0.2, 0.25) is 0 Å². The summed E-state index contributed by atoms with van der Waals surface area (Å²) in [5.74, 6) is 0.00138. The van der Waals surface area contributed by atoms with Crippen molar-refractivity contribution in [2.75, 3.05) is 62.7 Å². The summed E-state index contributed by atoms with van der Waals surface area (Å²) in [6.07, 6.45) is 3.59. The van der Waals surface area contributed by atoms with E-state index in [1.807, 2.05) is 73.7 Å². The van der Waals surface area contributed by atoms with Crippen LogP contribution in [0.25, 0.3) is 22.3 Å². The number of para-hydroxylation sites is 2. The number of rotatable bonds is 18. The number of benzene rings is 4. The molecule has 2 saturated heterocycles. The Labute approximate surface area is 477 Å². The van der Waals surface area contributed by atoms with Gasteiger partial charge < -0.3 is 47.9 Å². The molecule has 0 saturated carbocycles. The van der Waals surface area contributed by atoms with Crippen molar-refractivity contribution in [1.29, 1.82) is 0 Å². The first kappa shape index (κ1) is 66.3. The molecule has 0 spiro atoms. The van der Waals surface area contributed by atoms with E-state index in [-0.39, 0.29) is 58.6 Å². The first-order valence-corrected chi connectivity index (χ1v) is 32.7. The van der Waals surface area contributed by atoms with Crippen LogP contribution in [0.4, 0.5) is 0 Å². The van der Waals surface area contributed by atoms with Gasteiger partial charge in [0.1, 0.15) is 29.7 Å². The van der Waals surface area contributed by atoms with Crippen molar-refractivity contribution in [3.05, 3.63) is 125 Å². The zero-order valence-electron chi connectivity index (χ0n) is 50.7. The summed E-state index contributed by atoms with van der Waals surface area (Å²) >= 11 is 0. The van der Waals surface area contributed by atoms with Crippen molar-refractivity contribution < 1.29 is 61.7 Å². The number of hydrogen-bond donors (Lipinski definition) is 1. The van der Waals surface area contributed by atoms with Gasteiger partial charge >= 0.3 is 11.9 Å². The zero-order valence-corrected chi connectivity index (χ0v) is 52.7. The molecule has 6 rings (SSSR count). The predicted octanol–water partition coefficient (Wildman–Crippen LogP) is 10.4. The lowest BCUT2D eigenvalue weighted by Gasteiger charge is -2.37. The highest BCUT2D eigenvalue weighted by atomic mass is 28.4. The van der Waals surface area contributed by atoms with E-state index in [1.165, 1.54) is 19.1 Å². The Balaban J connectivity index is 0.000000290. The molecule has 19 heteroatoms. The molecule has 80 heavy (non-hydrogen) atoms. The van der Waals surface area contributed by atoms with E-state index in [4.69, 9.17) is 33.0 Å². The molecule has 1 N–H and O–H groups in total. The summed E-state index contributed by atoms with van der Waals surface area (Å²) in [5.41, 5.74) is 6.17. The summed E-state index contributed by atoms with van der Waals surface area (Å²) in [6, 6.07) is 25.5. The van der Waals surface area contributed by atoms with Crippen LogP contribution in [0.2, 0.25) is 36.3 Å². The molecule has 2 heterocycles. The fourth-order valence-corrected chi connectivity index (χ4v) is 10.3. The number of hydroxylamine groups is 3. The average Bonchev–Trinajstić information content (AvgIpc) is 3.91. The lowest BCUT2D eigenvalue weighted by Crippen LogP contribution is -2.44. The number of amides is 2. The monoisotopic (exact) mass is 1140 g/mol. The topological polar surface area (TPSA) is 189 Å². The van der Waals surface area contributed by atoms with Crippen molar-refractivity contribution in [2.45, 2.75) is 129 Å². The lowest BCUT2D eigenvalue weighted by molar-refractivity contribution is -0.469. The number of cyclic esters (lactones) is 1. The number of aliphatic hydroxyl groups excluding tert-OH is 1. The maximum atomic E-state index is 12.9. The van der Waals surface area contributed by atoms with E-state index in [2.05, 4.69) is 72.5 Å². The van der Waals surface area contributed by atoms with Gasteiger partial charge in [-0.05, 0) is 91.6 Å². The molecule has 2 aliphatic rings. The number of methoxy groups -OCH3 is 3. The summed E-state index contributed by atoms with van der Waals surface area (Å²) in [4.78, 5) is 57.9. The third-order valence-electron chi connectivity index (χ3n) is 15.0. The van der Waals surface area contributed by atoms with Gasteiger partial charge in [0.25, 0.3) is 18.0 Å². The second kappa shape index (κ2) is 28.5. The lowest BCUT2D eigenvalue weighted by atomic mass is 9.92. The molecule has 5 atom stereocenters. The van der Waals surface area contributed by atoms with Gasteiger partial charge in [0.15, 0.2) is 23.2 Å². The van der Waals surface area contributed by atoms with E-state index < -0.39 is 28.6 Å². The van der Waals surface area contributed by atoms with E-state index in [0.29, 0.717) is 52.7 Å². The Morgan fingerprint density at radius 1 is 0.750 bits per heavy atom. The first-order chi connectivity index (χ1) is 37.3. The Hall–Kier alpha value is -6.20. The number of carbonyl (C=O) groups is 4. The minimum atomic E-state index is -2.00. The highest BCUT2D eigenvalue weighted by Crippen LogP contribution is 2.43. The summed E-state index contributed by atoms with van der Waals surface area (Å²) in [7, 11) is 7.62. The van der Waals surface area contributed by atoms with E-state index in [1.54, 1.807) is 82.5 Å². The predicted molar refractivity (Wildman–Crippen MR) is 319 cm³/mol. The van der Waals surface area contributed by atoms with Gasteiger partial charge in [-0.3, -0.25) is 19.2 Å². The van der Waals surface area contributed by atoms with Crippen LogP contribution in [-0.4, -0.2) is 158 Å². The van der Waals surface area contributed by atoms with Crippen LogP contribution in [-0.2, 0) is 45.8 Å². The van der Waals surface area contributed by atoms with Gasteiger partial charge in [-0.1, -0.05) is 108 Å². The molecule has 0 aliphatic carbocycles. The molecule has 0 unspecified atom stereocenters. The Morgan fingerprint density at radius 2 is 1.21 bits per heavy atom. The number of carbonyl (C=O) groups excluding carboxylic acids is 4. The number of hydrogen-bond acceptors (Lipinski definition) is 14. The van der Waals surface area contributed by atoms with Crippen LogP contribution in [0, 0.1) is 11.1 Å². The second-order valence-electron chi connectivity index (χ2n) is 23.5. The molecule has 2 aliphatic heterocycles. The fourth-order valence-electron chi connectivity index (χ4n) is 8.39. The van der Waals surface area contributed by atoms with E-state index in [9.17, 15) is 24.4 Å². The molecule has 17 nitrogen and oxygen atoms in total.